The second kappa shape index (κ2) is 7.51. The van der Waals surface area contributed by atoms with Gasteiger partial charge in [0.05, 0.1) is 7.11 Å². The molecule has 1 saturated carbocycles. The van der Waals surface area contributed by atoms with Gasteiger partial charge >= 0.3 is 0 Å². The molecule has 1 aliphatic carbocycles. The number of hydrogen-bond donors (Lipinski definition) is 1. The molecule has 2 nitrogen and oxygen atoms in total. The number of halogens is 1. The molecule has 0 saturated heterocycles. The van der Waals surface area contributed by atoms with Gasteiger partial charge in [0.15, 0.2) is 0 Å². The Balaban J connectivity index is 2.10. The van der Waals surface area contributed by atoms with E-state index in [9.17, 15) is 0 Å². The van der Waals surface area contributed by atoms with Crippen molar-refractivity contribution in [2.24, 2.45) is 11.3 Å². The van der Waals surface area contributed by atoms with Gasteiger partial charge in [-0.05, 0) is 60.9 Å². The van der Waals surface area contributed by atoms with Crippen LogP contribution in [0.1, 0.15) is 45.1 Å². The van der Waals surface area contributed by atoms with Gasteiger partial charge in [0.25, 0.3) is 0 Å². The fourth-order valence-electron chi connectivity index (χ4n) is 3.46. The Labute approximate surface area is 134 Å². The minimum atomic E-state index is 0.368. The van der Waals surface area contributed by atoms with Crippen LogP contribution in [0.4, 0.5) is 0 Å². The highest BCUT2D eigenvalue weighted by molar-refractivity contribution is 6.30. The lowest BCUT2D eigenvalue weighted by molar-refractivity contribution is 0.269. The third-order valence-corrected chi connectivity index (χ3v) is 4.76. The van der Waals surface area contributed by atoms with E-state index in [0.717, 1.165) is 30.3 Å². The topological polar surface area (TPSA) is 21.3 Å². The van der Waals surface area contributed by atoms with Crippen LogP contribution >= 0.6 is 11.6 Å². The number of benzene rings is 1. The van der Waals surface area contributed by atoms with E-state index < -0.39 is 0 Å². The lowest BCUT2D eigenvalue weighted by atomic mass is 9.79. The van der Waals surface area contributed by atoms with Crippen molar-refractivity contribution in [2.45, 2.75) is 46.0 Å². The van der Waals surface area contributed by atoms with Crippen molar-refractivity contribution in [1.82, 2.24) is 5.32 Å². The summed E-state index contributed by atoms with van der Waals surface area (Å²) in [6.45, 7) is 6.71. The van der Waals surface area contributed by atoms with Gasteiger partial charge < -0.3 is 10.1 Å². The molecular weight excluding hydrogens is 282 g/mol. The highest BCUT2D eigenvalue weighted by Gasteiger charge is 2.34. The smallest absolute Gasteiger partial charge is 0.122 e. The summed E-state index contributed by atoms with van der Waals surface area (Å²) in [5, 5.41) is 4.47. The van der Waals surface area contributed by atoms with Crippen molar-refractivity contribution >= 4 is 11.6 Å². The number of methoxy groups -OCH3 is 1. The molecule has 0 aliphatic heterocycles. The molecule has 0 atom stereocenters. The minimum absolute atomic E-state index is 0.368. The van der Waals surface area contributed by atoms with Crippen LogP contribution in [-0.4, -0.2) is 20.2 Å². The quantitative estimate of drug-likeness (QED) is 0.788. The molecule has 1 fully saturated rings. The van der Waals surface area contributed by atoms with Crippen LogP contribution in [0.25, 0.3) is 0 Å². The summed E-state index contributed by atoms with van der Waals surface area (Å²) in [6.07, 6.45) is 6.34. The summed E-state index contributed by atoms with van der Waals surface area (Å²) in [7, 11) is 1.74. The van der Waals surface area contributed by atoms with Crippen molar-refractivity contribution in [3.05, 3.63) is 28.8 Å². The van der Waals surface area contributed by atoms with Crippen LogP contribution in [0, 0.1) is 11.3 Å². The molecule has 0 heterocycles. The normalized spacial score (nSPS) is 17.4. The summed E-state index contributed by atoms with van der Waals surface area (Å²) in [6, 6.07) is 5.97. The van der Waals surface area contributed by atoms with Crippen molar-refractivity contribution in [3.8, 4) is 5.75 Å². The largest absolute Gasteiger partial charge is 0.496 e. The van der Waals surface area contributed by atoms with E-state index in [4.69, 9.17) is 16.3 Å². The van der Waals surface area contributed by atoms with Crippen LogP contribution < -0.4 is 10.1 Å². The minimum Gasteiger partial charge on any atom is -0.496 e. The highest BCUT2D eigenvalue weighted by atomic mass is 35.5. The van der Waals surface area contributed by atoms with E-state index in [1.807, 2.05) is 12.1 Å². The maximum absolute atomic E-state index is 6.18. The first-order valence-corrected chi connectivity index (χ1v) is 8.46. The summed E-state index contributed by atoms with van der Waals surface area (Å²) < 4.78 is 5.52. The second-order valence-electron chi connectivity index (χ2n) is 6.86. The Hall–Kier alpha value is -0.730. The monoisotopic (exact) mass is 309 g/mol. The summed E-state index contributed by atoms with van der Waals surface area (Å²) in [4.78, 5) is 0. The zero-order chi connectivity index (χ0) is 15.3. The standard InChI is InChI=1S/C18H28ClNO/c1-14(2)12-20-13-18(8-4-5-9-18)11-15-10-16(19)6-7-17(15)21-3/h6-7,10,14,20H,4-5,8-9,11-13H2,1-3H3. The fourth-order valence-corrected chi connectivity index (χ4v) is 3.65. The first kappa shape index (κ1) is 16.6. The van der Waals surface area contributed by atoms with Gasteiger partial charge in [-0.25, -0.2) is 0 Å². The molecule has 0 radical (unpaired) electrons. The molecule has 0 aromatic heterocycles. The zero-order valence-electron chi connectivity index (χ0n) is 13.5. The van der Waals surface area contributed by atoms with E-state index in [1.54, 1.807) is 7.11 Å². The fraction of sp³-hybridized carbons (Fsp3) is 0.667. The van der Waals surface area contributed by atoms with Crippen molar-refractivity contribution in [1.29, 1.82) is 0 Å². The number of ether oxygens (including phenoxy) is 1. The molecule has 1 N–H and O–H groups in total. The Bertz CT molecular complexity index is 453. The molecule has 21 heavy (non-hydrogen) atoms. The third kappa shape index (κ3) is 4.62. The van der Waals surface area contributed by atoms with Crippen LogP contribution in [0.2, 0.25) is 5.02 Å². The molecule has 2 rings (SSSR count). The van der Waals surface area contributed by atoms with Crippen molar-refractivity contribution in [3.63, 3.8) is 0 Å². The van der Waals surface area contributed by atoms with E-state index in [-0.39, 0.29) is 0 Å². The summed E-state index contributed by atoms with van der Waals surface area (Å²) >= 11 is 6.18. The molecule has 0 bridgehead atoms. The first-order valence-electron chi connectivity index (χ1n) is 8.08. The molecule has 118 valence electrons. The summed E-state index contributed by atoms with van der Waals surface area (Å²) in [5.41, 5.74) is 1.62. The number of nitrogens with one attached hydrogen (secondary N) is 1. The van der Waals surface area contributed by atoms with Crippen LogP contribution in [0.3, 0.4) is 0 Å². The van der Waals surface area contributed by atoms with Crippen LogP contribution in [0.5, 0.6) is 5.75 Å². The zero-order valence-corrected chi connectivity index (χ0v) is 14.3. The molecule has 1 aromatic carbocycles. The third-order valence-electron chi connectivity index (χ3n) is 4.52. The van der Waals surface area contributed by atoms with Gasteiger partial charge in [0.2, 0.25) is 0 Å². The molecule has 0 unspecified atom stereocenters. The van der Waals surface area contributed by atoms with E-state index in [2.05, 4.69) is 25.2 Å². The van der Waals surface area contributed by atoms with Crippen molar-refractivity contribution in [2.75, 3.05) is 20.2 Å². The Kier molecular flexibility index (Phi) is 5.95. The molecule has 1 aliphatic rings. The Morgan fingerprint density at radius 1 is 1.29 bits per heavy atom. The van der Waals surface area contributed by atoms with Gasteiger partial charge in [-0.2, -0.15) is 0 Å². The van der Waals surface area contributed by atoms with Gasteiger partial charge in [-0.3, -0.25) is 0 Å². The SMILES string of the molecule is COc1ccc(Cl)cc1CC1(CNCC(C)C)CCCC1. The van der Waals surface area contributed by atoms with Gasteiger partial charge in [-0.15, -0.1) is 0 Å². The molecule has 0 amide bonds. The van der Waals surface area contributed by atoms with Gasteiger partial charge in [0.1, 0.15) is 5.75 Å². The van der Waals surface area contributed by atoms with E-state index >= 15 is 0 Å². The predicted octanol–water partition coefficient (Wildman–Crippen LogP) is 4.70. The van der Waals surface area contributed by atoms with Crippen molar-refractivity contribution < 1.29 is 4.74 Å². The molecular formula is C18H28ClNO. The Morgan fingerprint density at radius 2 is 2.00 bits per heavy atom. The van der Waals surface area contributed by atoms with Crippen LogP contribution in [0.15, 0.2) is 18.2 Å². The summed E-state index contributed by atoms with van der Waals surface area (Å²) in [5.74, 6) is 1.67. The van der Waals surface area contributed by atoms with Crippen LogP contribution in [-0.2, 0) is 6.42 Å². The average Bonchev–Trinajstić information content (AvgIpc) is 2.87. The van der Waals surface area contributed by atoms with E-state index in [0.29, 0.717) is 11.3 Å². The maximum Gasteiger partial charge on any atom is 0.122 e. The lowest BCUT2D eigenvalue weighted by Crippen LogP contribution is -2.35. The number of rotatable bonds is 7. The van der Waals surface area contributed by atoms with Gasteiger partial charge in [0, 0.05) is 11.6 Å². The number of hydrogen-bond acceptors (Lipinski definition) is 2. The molecule has 3 heteroatoms. The highest BCUT2D eigenvalue weighted by Crippen LogP contribution is 2.42. The Morgan fingerprint density at radius 3 is 2.62 bits per heavy atom. The molecule has 0 spiro atoms. The van der Waals surface area contributed by atoms with E-state index in [1.165, 1.54) is 31.2 Å². The van der Waals surface area contributed by atoms with Gasteiger partial charge in [-0.1, -0.05) is 38.3 Å². The average molecular weight is 310 g/mol. The molecule has 1 aromatic rings. The predicted molar refractivity (Wildman–Crippen MR) is 90.3 cm³/mol. The maximum atomic E-state index is 6.18. The lowest BCUT2D eigenvalue weighted by Gasteiger charge is -2.30. The first-order chi connectivity index (χ1) is 10.0. The second-order valence-corrected chi connectivity index (χ2v) is 7.30.